The molecular formula is C13H21N3OS. The monoisotopic (exact) mass is 267 g/mol. The molecule has 4 nitrogen and oxygen atoms in total. The summed E-state index contributed by atoms with van der Waals surface area (Å²) in [6, 6.07) is 0. The number of anilines is 1. The topological polar surface area (TPSA) is 39.6 Å². The predicted octanol–water partition coefficient (Wildman–Crippen LogP) is 1.56. The van der Waals surface area contributed by atoms with Crippen LogP contribution in [0, 0.1) is 5.92 Å². The number of β-amino-alcohol motifs (C(OH)–C–C–N with tert-alkyl or cyclic N) is 1. The summed E-state index contributed by atoms with van der Waals surface area (Å²) in [7, 11) is 4.04. The van der Waals surface area contributed by atoms with Crippen molar-refractivity contribution in [1.29, 1.82) is 0 Å². The van der Waals surface area contributed by atoms with E-state index in [1.54, 1.807) is 11.3 Å². The highest BCUT2D eigenvalue weighted by Gasteiger charge is 2.47. The zero-order valence-corrected chi connectivity index (χ0v) is 11.9. The van der Waals surface area contributed by atoms with E-state index in [-0.39, 0.29) is 0 Å². The number of rotatable bonds is 4. The van der Waals surface area contributed by atoms with Crippen molar-refractivity contribution in [2.24, 2.45) is 5.92 Å². The summed E-state index contributed by atoms with van der Waals surface area (Å²) >= 11 is 1.74. The Labute approximate surface area is 112 Å². The fraction of sp³-hybridized carbons (Fsp3) is 0.769. The fourth-order valence-corrected chi connectivity index (χ4v) is 3.66. The SMILES string of the molecule is CN(C)c1ncc(CN2CCC(O)(C3CC3)C2)s1. The quantitative estimate of drug-likeness (QED) is 0.898. The van der Waals surface area contributed by atoms with Crippen LogP contribution in [0.4, 0.5) is 5.13 Å². The number of aromatic nitrogens is 1. The summed E-state index contributed by atoms with van der Waals surface area (Å²) in [5.41, 5.74) is -0.394. The van der Waals surface area contributed by atoms with Gasteiger partial charge in [-0.1, -0.05) is 0 Å². The molecular weight excluding hydrogens is 246 g/mol. The molecule has 1 saturated heterocycles. The Hall–Kier alpha value is -0.650. The summed E-state index contributed by atoms with van der Waals surface area (Å²) in [6.45, 7) is 2.79. The molecule has 0 aromatic carbocycles. The lowest BCUT2D eigenvalue weighted by Crippen LogP contribution is -2.35. The Balaban J connectivity index is 1.60. The van der Waals surface area contributed by atoms with Gasteiger partial charge in [-0.2, -0.15) is 0 Å². The molecule has 18 heavy (non-hydrogen) atoms. The van der Waals surface area contributed by atoms with Crippen molar-refractivity contribution in [1.82, 2.24) is 9.88 Å². The molecule has 3 rings (SSSR count). The van der Waals surface area contributed by atoms with Crippen molar-refractivity contribution < 1.29 is 5.11 Å². The van der Waals surface area contributed by atoms with Gasteiger partial charge in [-0.05, 0) is 25.2 Å². The number of hydrogen-bond donors (Lipinski definition) is 1. The summed E-state index contributed by atoms with van der Waals surface area (Å²) in [5, 5.41) is 11.6. The first kappa shape index (κ1) is 12.4. The second kappa shape index (κ2) is 4.47. The normalized spacial score (nSPS) is 28.8. The van der Waals surface area contributed by atoms with Gasteiger partial charge in [-0.3, -0.25) is 4.90 Å². The minimum absolute atomic E-state index is 0.394. The molecule has 2 aliphatic rings. The van der Waals surface area contributed by atoms with Gasteiger partial charge in [0, 0.05) is 44.8 Å². The first-order valence-corrected chi connectivity index (χ1v) is 7.45. The predicted molar refractivity (Wildman–Crippen MR) is 74.0 cm³/mol. The maximum atomic E-state index is 10.5. The lowest BCUT2D eigenvalue weighted by atomic mass is 9.97. The van der Waals surface area contributed by atoms with E-state index < -0.39 is 5.60 Å². The molecule has 1 atom stereocenters. The lowest BCUT2D eigenvalue weighted by Gasteiger charge is -2.22. The van der Waals surface area contributed by atoms with E-state index in [0.29, 0.717) is 5.92 Å². The molecule has 1 aliphatic heterocycles. The van der Waals surface area contributed by atoms with Crippen molar-refractivity contribution in [3.05, 3.63) is 11.1 Å². The number of hydrogen-bond acceptors (Lipinski definition) is 5. The van der Waals surface area contributed by atoms with E-state index in [1.807, 2.05) is 25.2 Å². The maximum Gasteiger partial charge on any atom is 0.185 e. The number of thiazole rings is 1. The summed E-state index contributed by atoms with van der Waals surface area (Å²) in [5.74, 6) is 0.571. The third kappa shape index (κ3) is 2.39. The van der Waals surface area contributed by atoms with Gasteiger partial charge in [0.1, 0.15) is 0 Å². The molecule has 2 fully saturated rings. The number of likely N-dealkylation sites (tertiary alicyclic amines) is 1. The third-order valence-electron chi connectivity index (χ3n) is 4.00. The van der Waals surface area contributed by atoms with Crippen LogP contribution in [0.15, 0.2) is 6.20 Å². The van der Waals surface area contributed by atoms with E-state index in [4.69, 9.17) is 0 Å². The van der Waals surface area contributed by atoms with Crippen molar-refractivity contribution in [2.75, 3.05) is 32.1 Å². The van der Waals surface area contributed by atoms with Crippen molar-refractivity contribution in [3.63, 3.8) is 0 Å². The van der Waals surface area contributed by atoms with Gasteiger partial charge in [-0.15, -0.1) is 11.3 Å². The van der Waals surface area contributed by atoms with Crippen LogP contribution in [0.1, 0.15) is 24.1 Å². The van der Waals surface area contributed by atoms with Gasteiger partial charge in [0.2, 0.25) is 0 Å². The van der Waals surface area contributed by atoms with Crippen LogP contribution in [-0.2, 0) is 6.54 Å². The molecule has 1 aliphatic carbocycles. The Kier molecular flexibility index (Phi) is 3.08. The Bertz CT molecular complexity index is 430. The molecule has 0 radical (unpaired) electrons. The summed E-state index contributed by atoms with van der Waals surface area (Å²) < 4.78 is 0. The zero-order valence-electron chi connectivity index (χ0n) is 11.1. The van der Waals surface area contributed by atoms with E-state index in [0.717, 1.165) is 31.2 Å². The number of aliphatic hydroxyl groups is 1. The molecule has 1 aromatic heterocycles. The van der Waals surface area contributed by atoms with Crippen LogP contribution < -0.4 is 4.90 Å². The van der Waals surface area contributed by atoms with Gasteiger partial charge in [-0.25, -0.2) is 4.98 Å². The highest BCUT2D eigenvalue weighted by Crippen LogP contribution is 2.44. The minimum atomic E-state index is -0.394. The average Bonchev–Trinajstić information content (AvgIpc) is 2.98. The Morgan fingerprint density at radius 3 is 2.94 bits per heavy atom. The van der Waals surface area contributed by atoms with Crippen LogP contribution in [0.25, 0.3) is 0 Å². The Morgan fingerprint density at radius 1 is 1.56 bits per heavy atom. The van der Waals surface area contributed by atoms with Gasteiger partial charge in [0.05, 0.1) is 5.60 Å². The third-order valence-corrected chi connectivity index (χ3v) is 5.15. The van der Waals surface area contributed by atoms with Crippen LogP contribution >= 0.6 is 11.3 Å². The second-order valence-electron chi connectivity index (χ2n) is 5.84. The van der Waals surface area contributed by atoms with E-state index in [2.05, 4.69) is 9.88 Å². The van der Waals surface area contributed by atoms with Gasteiger partial charge >= 0.3 is 0 Å². The number of nitrogens with zero attached hydrogens (tertiary/aromatic N) is 3. The highest BCUT2D eigenvalue weighted by molar-refractivity contribution is 7.15. The molecule has 0 bridgehead atoms. The molecule has 1 aromatic rings. The second-order valence-corrected chi connectivity index (χ2v) is 6.94. The molecule has 2 heterocycles. The molecule has 100 valence electrons. The molecule has 0 amide bonds. The van der Waals surface area contributed by atoms with Crippen LogP contribution in [-0.4, -0.2) is 47.8 Å². The molecule has 1 N–H and O–H groups in total. The molecule has 1 unspecified atom stereocenters. The first-order valence-electron chi connectivity index (χ1n) is 6.63. The van der Waals surface area contributed by atoms with Gasteiger partial charge < -0.3 is 10.0 Å². The average molecular weight is 267 g/mol. The smallest absolute Gasteiger partial charge is 0.185 e. The summed E-state index contributed by atoms with van der Waals surface area (Å²) in [6.07, 6.45) is 5.34. The van der Waals surface area contributed by atoms with Gasteiger partial charge in [0.25, 0.3) is 0 Å². The van der Waals surface area contributed by atoms with Crippen LogP contribution in [0.3, 0.4) is 0 Å². The van der Waals surface area contributed by atoms with E-state index >= 15 is 0 Å². The maximum absolute atomic E-state index is 10.5. The summed E-state index contributed by atoms with van der Waals surface area (Å²) in [4.78, 5) is 10.1. The van der Waals surface area contributed by atoms with E-state index in [1.165, 1.54) is 17.7 Å². The Morgan fingerprint density at radius 2 is 2.33 bits per heavy atom. The van der Waals surface area contributed by atoms with E-state index in [9.17, 15) is 5.11 Å². The standard InChI is InChI=1S/C13H21N3OS/c1-15(2)12-14-7-11(18-12)8-16-6-5-13(17,9-16)10-3-4-10/h7,10,17H,3-6,8-9H2,1-2H3. The van der Waals surface area contributed by atoms with Crippen molar-refractivity contribution in [2.45, 2.75) is 31.4 Å². The highest BCUT2D eigenvalue weighted by atomic mass is 32.1. The molecule has 5 heteroatoms. The van der Waals surface area contributed by atoms with Crippen LogP contribution in [0.5, 0.6) is 0 Å². The first-order chi connectivity index (χ1) is 8.57. The van der Waals surface area contributed by atoms with Crippen LogP contribution in [0.2, 0.25) is 0 Å². The molecule has 0 spiro atoms. The van der Waals surface area contributed by atoms with Crippen molar-refractivity contribution in [3.8, 4) is 0 Å². The molecule has 1 saturated carbocycles. The van der Waals surface area contributed by atoms with Crippen molar-refractivity contribution >= 4 is 16.5 Å². The largest absolute Gasteiger partial charge is 0.388 e. The minimum Gasteiger partial charge on any atom is -0.388 e. The van der Waals surface area contributed by atoms with Gasteiger partial charge in [0.15, 0.2) is 5.13 Å². The lowest BCUT2D eigenvalue weighted by molar-refractivity contribution is 0.0264. The zero-order chi connectivity index (χ0) is 12.8. The fourth-order valence-electron chi connectivity index (χ4n) is 2.78.